The van der Waals surface area contributed by atoms with Crippen LogP contribution in [0.25, 0.3) is 0 Å². The summed E-state index contributed by atoms with van der Waals surface area (Å²) in [6, 6.07) is 4.69. The molecule has 0 aliphatic rings. The molecule has 0 spiro atoms. The van der Waals surface area contributed by atoms with Gasteiger partial charge in [0.1, 0.15) is 0 Å². The summed E-state index contributed by atoms with van der Waals surface area (Å²) in [6.45, 7) is 1.83. The van der Waals surface area contributed by atoms with E-state index in [2.05, 4.69) is 5.32 Å². The van der Waals surface area contributed by atoms with Crippen LogP contribution in [0.1, 0.15) is 22.3 Å². The Morgan fingerprint density at radius 3 is 2.71 bits per heavy atom. The van der Waals surface area contributed by atoms with Gasteiger partial charge in [0.05, 0.1) is 5.56 Å². The van der Waals surface area contributed by atoms with Crippen molar-refractivity contribution in [3.8, 4) is 0 Å². The lowest BCUT2D eigenvalue weighted by Gasteiger charge is -2.08. The minimum absolute atomic E-state index is 0.0926. The Bertz CT molecular complexity index is 432. The average molecular weight is 253 g/mol. The topological polar surface area (TPSA) is 66.4 Å². The fraction of sp³-hybridized carbons (Fsp3) is 0.333. The van der Waals surface area contributed by atoms with Gasteiger partial charge in [-0.15, -0.1) is 0 Å². The molecular formula is C12H15NO3S. The number of hydrogen-bond acceptors (Lipinski definition) is 3. The van der Waals surface area contributed by atoms with Gasteiger partial charge in [-0.1, -0.05) is 6.07 Å². The van der Waals surface area contributed by atoms with Crippen molar-refractivity contribution in [3.63, 3.8) is 0 Å². The molecule has 0 aliphatic carbocycles. The number of carbonyl (C=O) groups excluding carboxylic acids is 1. The zero-order valence-corrected chi connectivity index (χ0v) is 10.6. The average Bonchev–Trinajstić information content (AvgIpc) is 2.29. The number of aryl methyl sites for hydroxylation is 1. The highest BCUT2D eigenvalue weighted by Crippen LogP contribution is 2.17. The molecule has 17 heavy (non-hydrogen) atoms. The molecule has 0 aliphatic heterocycles. The van der Waals surface area contributed by atoms with E-state index in [1.165, 1.54) is 12.1 Å². The number of aromatic carboxylic acids is 1. The van der Waals surface area contributed by atoms with Crippen LogP contribution in [0.5, 0.6) is 0 Å². The largest absolute Gasteiger partial charge is 0.478 e. The maximum atomic E-state index is 11.5. The fourth-order valence-corrected chi connectivity index (χ4v) is 1.69. The van der Waals surface area contributed by atoms with E-state index in [0.717, 1.165) is 11.3 Å². The van der Waals surface area contributed by atoms with Gasteiger partial charge in [0.2, 0.25) is 5.91 Å². The normalized spacial score (nSPS) is 10.0. The number of rotatable bonds is 5. The molecule has 2 N–H and O–H groups in total. The molecule has 1 rings (SSSR count). The second-order valence-corrected chi connectivity index (χ2v) is 4.61. The first-order chi connectivity index (χ1) is 8.04. The van der Waals surface area contributed by atoms with Gasteiger partial charge in [0.15, 0.2) is 0 Å². The monoisotopic (exact) mass is 253 g/mol. The molecule has 1 aromatic rings. The SMILES string of the molecule is CSCCC(=O)Nc1cc(C(=O)O)ccc1C. The summed E-state index contributed by atoms with van der Waals surface area (Å²) in [6.07, 6.45) is 2.36. The van der Waals surface area contributed by atoms with E-state index in [4.69, 9.17) is 5.11 Å². The molecule has 0 heterocycles. The third-order valence-corrected chi connectivity index (χ3v) is 2.90. The Balaban J connectivity index is 2.79. The minimum Gasteiger partial charge on any atom is -0.478 e. The molecule has 0 unspecified atom stereocenters. The number of carbonyl (C=O) groups is 2. The van der Waals surface area contributed by atoms with Crippen LogP contribution in [-0.4, -0.2) is 29.0 Å². The summed E-state index contributed by atoms with van der Waals surface area (Å²) in [5, 5.41) is 11.6. The number of hydrogen-bond donors (Lipinski definition) is 2. The van der Waals surface area contributed by atoms with Crippen molar-refractivity contribution in [2.24, 2.45) is 0 Å². The third-order valence-electron chi connectivity index (χ3n) is 2.29. The lowest BCUT2D eigenvalue weighted by atomic mass is 10.1. The number of thioether (sulfide) groups is 1. The van der Waals surface area contributed by atoms with E-state index in [1.807, 2.05) is 13.2 Å². The summed E-state index contributed by atoms with van der Waals surface area (Å²) in [4.78, 5) is 22.3. The summed E-state index contributed by atoms with van der Waals surface area (Å²) in [5.74, 6) is -0.335. The maximum Gasteiger partial charge on any atom is 0.335 e. The number of carboxylic acid groups (broad SMARTS) is 1. The molecule has 0 bridgehead atoms. The van der Waals surface area contributed by atoms with Gasteiger partial charge in [0.25, 0.3) is 0 Å². The van der Waals surface area contributed by atoms with Crippen LogP contribution in [0.4, 0.5) is 5.69 Å². The van der Waals surface area contributed by atoms with Gasteiger partial charge in [-0.3, -0.25) is 4.79 Å². The number of amides is 1. The van der Waals surface area contributed by atoms with Crippen LogP contribution < -0.4 is 5.32 Å². The van der Waals surface area contributed by atoms with Crippen LogP contribution in [0, 0.1) is 6.92 Å². The quantitative estimate of drug-likeness (QED) is 0.845. The third kappa shape index (κ3) is 4.11. The number of benzene rings is 1. The van der Waals surface area contributed by atoms with Crippen LogP contribution in [0.3, 0.4) is 0 Å². The summed E-state index contributed by atoms with van der Waals surface area (Å²) in [7, 11) is 0. The summed E-state index contributed by atoms with van der Waals surface area (Å²) < 4.78 is 0. The Morgan fingerprint density at radius 2 is 2.12 bits per heavy atom. The summed E-state index contributed by atoms with van der Waals surface area (Å²) in [5.41, 5.74) is 1.60. The first-order valence-electron chi connectivity index (χ1n) is 5.17. The van der Waals surface area contributed by atoms with Gasteiger partial charge in [-0.2, -0.15) is 11.8 Å². The Morgan fingerprint density at radius 1 is 1.41 bits per heavy atom. The Hall–Kier alpha value is -1.49. The van der Waals surface area contributed by atoms with Crippen molar-refractivity contribution >= 4 is 29.3 Å². The smallest absolute Gasteiger partial charge is 0.335 e. The predicted octanol–water partition coefficient (Wildman–Crippen LogP) is 2.38. The molecule has 0 aromatic heterocycles. The minimum atomic E-state index is -0.996. The van der Waals surface area contributed by atoms with Crippen molar-refractivity contribution in [3.05, 3.63) is 29.3 Å². The second kappa shape index (κ2) is 6.30. The van der Waals surface area contributed by atoms with Crippen molar-refractivity contribution < 1.29 is 14.7 Å². The van der Waals surface area contributed by atoms with E-state index in [1.54, 1.807) is 17.8 Å². The van der Waals surface area contributed by atoms with Gasteiger partial charge in [-0.05, 0) is 30.9 Å². The summed E-state index contributed by atoms with van der Waals surface area (Å²) >= 11 is 1.60. The van der Waals surface area contributed by atoms with E-state index in [-0.39, 0.29) is 11.5 Å². The Labute approximate surface area is 104 Å². The van der Waals surface area contributed by atoms with Gasteiger partial charge in [0, 0.05) is 17.9 Å². The molecule has 0 radical (unpaired) electrons. The van der Waals surface area contributed by atoms with Gasteiger partial charge in [-0.25, -0.2) is 4.79 Å². The highest BCUT2D eigenvalue weighted by Gasteiger charge is 2.08. The van der Waals surface area contributed by atoms with E-state index < -0.39 is 5.97 Å². The molecule has 1 aromatic carbocycles. The van der Waals surface area contributed by atoms with Crippen molar-refractivity contribution in [2.75, 3.05) is 17.3 Å². The molecular weight excluding hydrogens is 238 g/mol. The first-order valence-corrected chi connectivity index (χ1v) is 6.56. The lowest BCUT2D eigenvalue weighted by Crippen LogP contribution is -2.13. The van der Waals surface area contributed by atoms with Crippen LogP contribution >= 0.6 is 11.8 Å². The molecule has 0 atom stereocenters. The predicted molar refractivity (Wildman–Crippen MR) is 69.8 cm³/mol. The molecule has 0 fully saturated rings. The molecule has 5 heteroatoms. The lowest BCUT2D eigenvalue weighted by molar-refractivity contribution is -0.115. The molecule has 1 amide bonds. The highest BCUT2D eigenvalue weighted by atomic mass is 32.2. The zero-order chi connectivity index (χ0) is 12.8. The number of nitrogens with one attached hydrogen (secondary N) is 1. The highest BCUT2D eigenvalue weighted by molar-refractivity contribution is 7.98. The molecule has 0 saturated heterocycles. The maximum absolute atomic E-state index is 11.5. The second-order valence-electron chi connectivity index (χ2n) is 3.63. The van der Waals surface area contributed by atoms with Crippen LogP contribution in [0.15, 0.2) is 18.2 Å². The van der Waals surface area contributed by atoms with Crippen molar-refractivity contribution in [2.45, 2.75) is 13.3 Å². The van der Waals surface area contributed by atoms with E-state index in [9.17, 15) is 9.59 Å². The zero-order valence-electron chi connectivity index (χ0n) is 9.82. The number of carboxylic acids is 1. The number of anilines is 1. The molecule has 0 saturated carbocycles. The van der Waals surface area contributed by atoms with Gasteiger partial charge < -0.3 is 10.4 Å². The van der Waals surface area contributed by atoms with Gasteiger partial charge >= 0.3 is 5.97 Å². The van der Waals surface area contributed by atoms with E-state index >= 15 is 0 Å². The fourth-order valence-electron chi connectivity index (χ4n) is 1.30. The Kier molecular flexibility index (Phi) is 5.03. The first kappa shape index (κ1) is 13.6. The van der Waals surface area contributed by atoms with Crippen LogP contribution in [-0.2, 0) is 4.79 Å². The van der Waals surface area contributed by atoms with Crippen molar-refractivity contribution in [1.82, 2.24) is 0 Å². The molecule has 4 nitrogen and oxygen atoms in total. The standard InChI is InChI=1S/C12H15NO3S/c1-8-3-4-9(12(15)16)7-10(8)13-11(14)5-6-17-2/h3-4,7H,5-6H2,1-2H3,(H,13,14)(H,15,16). The van der Waals surface area contributed by atoms with Crippen molar-refractivity contribution in [1.29, 1.82) is 0 Å². The molecule has 92 valence electrons. The van der Waals surface area contributed by atoms with E-state index in [0.29, 0.717) is 12.1 Å². The van der Waals surface area contributed by atoms with Crippen LogP contribution in [0.2, 0.25) is 0 Å².